The van der Waals surface area contributed by atoms with Gasteiger partial charge in [0.2, 0.25) is 0 Å². The van der Waals surface area contributed by atoms with Crippen LogP contribution in [-0.4, -0.2) is 65.6 Å². The van der Waals surface area contributed by atoms with Gasteiger partial charge in [-0.3, -0.25) is 14.5 Å². The average molecular weight is 553 g/mol. The zero-order valence-electron chi connectivity index (χ0n) is 24.3. The van der Waals surface area contributed by atoms with E-state index in [0.29, 0.717) is 30.3 Å². The summed E-state index contributed by atoms with van der Waals surface area (Å²) in [6, 6.07) is 16.8. The van der Waals surface area contributed by atoms with Gasteiger partial charge < -0.3 is 14.4 Å². The predicted octanol–water partition coefficient (Wildman–Crippen LogP) is 4.58. The lowest BCUT2D eigenvalue weighted by Crippen LogP contribution is -2.69. The lowest BCUT2D eigenvalue weighted by atomic mass is 9.51. The molecule has 1 amide bonds. The van der Waals surface area contributed by atoms with Gasteiger partial charge >= 0.3 is 5.97 Å². The second-order valence-corrected chi connectivity index (χ2v) is 13.2. The van der Waals surface area contributed by atoms with Gasteiger partial charge in [0.1, 0.15) is 18.0 Å². The molecule has 214 valence electrons. The molecule has 7 rings (SSSR count). The van der Waals surface area contributed by atoms with Crippen molar-refractivity contribution < 1.29 is 19.1 Å². The van der Waals surface area contributed by atoms with Crippen LogP contribution in [0.5, 0.6) is 5.75 Å². The summed E-state index contributed by atoms with van der Waals surface area (Å²) in [6.45, 7) is 8.53. The van der Waals surface area contributed by atoms with Crippen molar-refractivity contribution >= 4 is 11.9 Å². The summed E-state index contributed by atoms with van der Waals surface area (Å²) in [4.78, 5) is 30.0. The molecule has 2 saturated carbocycles. The number of amides is 1. The van der Waals surface area contributed by atoms with E-state index in [4.69, 9.17) is 9.47 Å². The Hall–Kier alpha value is -3.30. The van der Waals surface area contributed by atoms with E-state index in [0.717, 1.165) is 56.5 Å². The van der Waals surface area contributed by atoms with E-state index in [2.05, 4.69) is 48.8 Å². The number of rotatable bonds is 6. The lowest BCUT2D eigenvalue weighted by Gasteiger charge is -2.60. The fourth-order valence-electron chi connectivity index (χ4n) is 8.67. The number of piperidine rings is 1. The number of hydrogen-bond acceptors (Lipinski definition) is 5. The van der Waals surface area contributed by atoms with Gasteiger partial charge in [-0.1, -0.05) is 50.1 Å². The molecule has 0 radical (unpaired) electrons. The van der Waals surface area contributed by atoms with Crippen LogP contribution in [0.25, 0.3) is 0 Å². The van der Waals surface area contributed by atoms with Gasteiger partial charge in [0.25, 0.3) is 5.91 Å². The van der Waals surface area contributed by atoms with E-state index in [1.807, 2.05) is 35.2 Å². The summed E-state index contributed by atoms with van der Waals surface area (Å²) < 4.78 is 12.5. The first kappa shape index (κ1) is 26.6. The summed E-state index contributed by atoms with van der Waals surface area (Å²) in [5.74, 6) is 8.11. The van der Waals surface area contributed by atoms with Crippen LogP contribution in [0, 0.1) is 29.6 Å². The van der Waals surface area contributed by atoms with Gasteiger partial charge in [0.15, 0.2) is 0 Å². The zero-order chi connectivity index (χ0) is 28.3. The lowest BCUT2D eigenvalue weighted by molar-refractivity contribution is -0.142. The molecule has 2 unspecified atom stereocenters. The van der Waals surface area contributed by atoms with E-state index in [1.54, 1.807) is 0 Å². The van der Waals surface area contributed by atoms with Crippen LogP contribution < -0.4 is 4.74 Å². The van der Waals surface area contributed by atoms with Crippen molar-refractivity contribution in [1.29, 1.82) is 0 Å². The van der Waals surface area contributed by atoms with Crippen molar-refractivity contribution in [3.8, 4) is 17.6 Å². The average Bonchev–Trinajstić information content (AvgIpc) is 3.58. The number of esters is 1. The Morgan fingerprint density at radius 1 is 1.15 bits per heavy atom. The van der Waals surface area contributed by atoms with E-state index in [-0.39, 0.29) is 35.5 Å². The second-order valence-electron chi connectivity index (χ2n) is 13.2. The minimum absolute atomic E-state index is 0.00597. The third-order valence-corrected chi connectivity index (χ3v) is 10.3. The minimum atomic E-state index is -0.174. The molecule has 3 aliphatic carbocycles. The van der Waals surface area contributed by atoms with Crippen molar-refractivity contribution in [3.63, 3.8) is 0 Å². The first-order valence-corrected chi connectivity index (χ1v) is 15.4. The molecule has 3 fully saturated rings. The van der Waals surface area contributed by atoms with Gasteiger partial charge in [-0.15, -0.1) is 0 Å². The quantitative estimate of drug-likeness (QED) is 0.388. The number of nitrogens with zero attached hydrogens (tertiary/aromatic N) is 2. The van der Waals surface area contributed by atoms with Crippen LogP contribution in [0.15, 0.2) is 48.5 Å². The van der Waals surface area contributed by atoms with Crippen LogP contribution in [-0.2, 0) is 26.2 Å². The molecule has 41 heavy (non-hydrogen) atoms. The van der Waals surface area contributed by atoms with Gasteiger partial charge in [0, 0.05) is 54.4 Å². The van der Waals surface area contributed by atoms with Gasteiger partial charge in [0.05, 0.1) is 6.04 Å². The van der Waals surface area contributed by atoms with Crippen LogP contribution in [0.2, 0.25) is 0 Å². The van der Waals surface area contributed by atoms with Crippen LogP contribution >= 0.6 is 0 Å². The second kappa shape index (κ2) is 10.2. The highest BCUT2D eigenvalue weighted by molar-refractivity contribution is 5.94. The standard InChI is InChI=1S/C35H40N2O4/c1-22(2)20-37(32(39)15-12-24-8-5-4-6-9-24)28-14-13-27-29-18-25-10-7-11-30-33(25)35(27,34(28)41-30)16-17-36(29)21-26-19-31(26)40-23(3)38/h4-11,22,26-29,31,34H,13-14,16-21H2,1-3H3/t26?,27-,28+,29+,31?,34-,35-/m0/s1. The number of hydrogen-bond donors (Lipinski definition) is 0. The van der Waals surface area contributed by atoms with Crippen LogP contribution in [0.3, 0.4) is 0 Å². The first-order valence-electron chi connectivity index (χ1n) is 15.4. The number of likely N-dealkylation sites (tertiary alicyclic amines) is 1. The molecule has 2 heterocycles. The smallest absolute Gasteiger partial charge is 0.302 e. The maximum Gasteiger partial charge on any atom is 0.302 e. The van der Waals surface area contributed by atoms with Crippen molar-refractivity contribution in [3.05, 3.63) is 65.2 Å². The van der Waals surface area contributed by atoms with Crippen molar-refractivity contribution in [1.82, 2.24) is 9.80 Å². The SMILES string of the molecule is CC(=O)OC1CC1CN1CC[C@]23c4c5cccc4O[C@H]2[C@H](N(CC(C)C)C(=O)C#Cc2ccccc2)CC[C@H]3[C@H]1C5. The highest BCUT2D eigenvalue weighted by Crippen LogP contribution is 2.63. The summed E-state index contributed by atoms with van der Waals surface area (Å²) in [7, 11) is 0. The Bertz CT molecular complexity index is 1410. The topological polar surface area (TPSA) is 59.1 Å². The summed E-state index contributed by atoms with van der Waals surface area (Å²) in [6.07, 6.45) is 5.07. The highest BCUT2D eigenvalue weighted by Gasteiger charge is 2.66. The number of ether oxygens (including phenoxy) is 2. The minimum Gasteiger partial charge on any atom is -0.487 e. The fourth-order valence-corrected chi connectivity index (χ4v) is 8.67. The Balaban J connectivity index is 1.20. The van der Waals surface area contributed by atoms with Crippen LogP contribution in [0.4, 0.5) is 0 Å². The molecule has 2 bridgehead atoms. The molecule has 0 N–H and O–H groups in total. The molecule has 5 aliphatic rings. The Kier molecular flexibility index (Phi) is 6.62. The van der Waals surface area contributed by atoms with E-state index in [1.165, 1.54) is 18.1 Å². The first-order chi connectivity index (χ1) is 19.8. The largest absolute Gasteiger partial charge is 0.487 e. The fraction of sp³-hybridized carbons (Fsp3) is 0.543. The van der Waals surface area contributed by atoms with E-state index >= 15 is 0 Å². The van der Waals surface area contributed by atoms with E-state index < -0.39 is 0 Å². The summed E-state index contributed by atoms with van der Waals surface area (Å²) >= 11 is 0. The third-order valence-electron chi connectivity index (χ3n) is 10.3. The maximum atomic E-state index is 13.8. The molecule has 0 aromatic heterocycles. The van der Waals surface area contributed by atoms with Gasteiger partial charge in [-0.05, 0) is 74.2 Å². The number of carbonyl (C=O) groups is 2. The Morgan fingerprint density at radius 2 is 1.98 bits per heavy atom. The van der Waals surface area contributed by atoms with Crippen molar-refractivity contribution in [2.24, 2.45) is 17.8 Å². The molecule has 6 nitrogen and oxygen atoms in total. The maximum absolute atomic E-state index is 13.8. The Morgan fingerprint density at radius 3 is 2.76 bits per heavy atom. The molecule has 2 aromatic carbocycles. The molecule has 1 saturated heterocycles. The molecule has 6 heteroatoms. The number of benzene rings is 2. The van der Waals surface area contributed by atoms with Crippen LogP contribution in [0.1, 0.15) is 63.1 Å². The summed E-state index contributed by atoms with van der Waals surface area (Å²) in [5.41, 5.74) is 3.62. The Labute approximate surface area is 243 Å². The van der Waals surface area contributed by atoms with Gasteiger partial charge in [-0.2, -0.15) is 0 Å². The third kappa shape index (κ3) is 4.54. The molecule has 2 aliphatic heterocycles. The molecule has 1 spiro atoms. The molecular formula is C35H40N2O4. The van der Waals surface area contributed by atoms with E-state index in [9.17, 15) is 9.59 Å². The van der Waals surface area contributed by atoms with Crippen molar-refractivity contribution in [2.75, 3.05) is 19.6 Å². The molecule has 7 atom stereocenters. The summed E-state index contributed by atoms with van der Waals surface area (Å²) in [5, 5.41) is 0. The molecule has 2 aromatic rings. The zero-order valence-corrected chi connectivity index (χ0v) is 24.3. The van der Waals surface area contributed by atoms with Crippen molar-refractivity contribution in [2.45, 2.75) is 82.6 Å². The predicted molar refractivity (Wildman–Crippen MR) is 156 cm³/mol. The van der Waals surface area contributed by atoms with Gasteiger partial charge in [-0.25, -0.2) is 0 Å². The number of carbonyl (C=O) groups excluding carboxylic acids is 2. The molecular weight excluding hydrogens is 512 g/mol. The normalized spacial score (nSPS) is 32.3. The highest BCUT2D eigenvalue weighted by atomic mass is 16.5. The monoisotopic (exact) mass is 552 g/mol.